The number of ether oxygens (including phenoxy) is 2. The van der Waals surface area contributed by atoms with Crippen LogP contribution in [0.15, 0.2) is 0 Å². The Bertz CT molecular complexity index is 177. The van der Waals surface area contributed by atoms with E-state index in [0.717, 1.165) is 5.75 Å². The lowest BCUT2D eigenvalue weighted by Gasteiger charge is -2.15. The molecule has 5 heteroatoms. The monoisotopic (exact) mass is 205 g/mol. The Morgan fingerprint density at radius 1 is 1.69 bits per heavy atom. The van der Waals surface area contributed by atoms with Crippen molar-refractivity contribution in [2.45, 2.75) is 26.2 Å². The highest BCUT2D eigenvalue weighted by atomic mass is 32.2. The zero-order chi connectivity index (χ0) is 9.68. The summed E-state index contributed by atoms with van der Waals surface area (Å²) >= 11 is 1.30. The first-order valence-electron chi connectivity index (χ1n) is 4.39. The van der Waals surface area contributed by atoms with Crippen LogP contribution in [0.25, 0.3) is 0 Å². The summed E-state index contributed by atoms with van der Waals surface area (Å²) in [5.41, 5.74) is 0. The van der Waals surface area contributed by atoms with E-state index in [4.69, 9.17) is 9.47 Å². The average Bonchev–Trinajstić information content (AvgIpc) is 2.49. The SMILES string of the molecule is CCOC(C)OC[C@H]1CSC(=O)N1. The summed E-state index contributed by atoms with van der Waals surface area (Å²) in [6.07, 6.45) is -0.187. The van der Waals surface area contributed by atoms with Gasteiger partial charge in [0.05, 0.1) is 12.6 Å². The fourth-order valence-corrected chi connectivity index (χ4v) is 1.83. The quantitative estimate of drug-likeness (QED) is 0.685. The van der Waals surface area contributed by atoms with Gasteiger partial charge in [-0.1, -0.05) is 11.8 Å². The molecule has 0 aromatic rings. The van der Waals surface area contributed by atoms with Crippen LogP contribution in [0, 0.1) is 0 Å². The van der Waals surface area contributed by atoms with Crippen molar-refractivity contribution in [2.75, 3.05) is 19.0 Å². The molecule has 13 heavy (non-hydrogen) atoms. The second-order valence-corrected chi connectivity index (χ2v) is 3.79. The van der Waals surface area contributed by atoms with Crippen molar-refractivity contribution in [3.8, 4) is 0 Å². The Labute approximate surface area is 82.3 Å². The third kappa shape index (κ3) is 3.97. The average molecular weight is 205 g/mol. The van der Waals surface area contributed by atoms with Gasteiger partial charge in [-0.15, -0.1) is 0 Å². The summed E-state index contributed by atoms with van der Waals surface area (Å²) in [6, 6.07) is 0.139. The van der Waals surface area contributed by atoms with Gasteiger partial charge >= 0.3 is 0 Å². The Balaban J connectivity index is 2.08. The maximum Gasteiger partial charge on any atom is 0.279 e. The van der Waals surface area contributed by atoms with Crippen LogP contribution in [0.4, 0.5) is 4.79 Å². The molecule has 1 amide bonds. The molecule has 1 fully saturated rings. The van der Waals surface area contributed by atoms with Crippen LogP contribution in [0.1, 0.15) is 13.8 Å². The van der Waals surface area contributed by atoms with Crippen molar-refractivity contribution in [3.63, 3.8) is 0 Å². The van der Waals surface area contributed by atoms with Gasteiger partial charge in [0.1, 0.15) is 0 Å². The van der Waals surface area contributed by atoms with E-state index in [9.17, 15) is 4.79 Å². The Morgan fingerprint density at radius 2 is 2.46 bits per heavy atom. The van der Waals surface area contributed by atoms with Gasteiger partial charge in [0, 0.05) is 12.4 Å². The van der Waals surface area contributed by atoms with Crippen LogP contribution < -0.4 is 5.32 Å². The molecular weight excluding hydrogens is 190 g/mol. The van der Waals surface area contributed by atoms with E-state index in [2.05, 4.69) is 5.32 Å². The maximum atomic E-state index is 10.8. The molecule has 76 valence electrons. The van der Waals surface area contributed by atoms with Crippen molar-refractivity contribution in [2.24, 2.45) is 0 Å². The van der Waals surface area contributed by atoms with E-state index in [0.29, 0.717) is 13.2 Å². The Kier molecular flexibility index (Phi) is 4.55. The molecule has 4 nitrogen and oxygen atoms in total. The molecule has 0 spiro atoms. The number of hydrogen-bond acceptors (Lipinski definition) is 4. The molecule has 0 aliphatic carbocycles. The summed E-state index contributed by atoms with van der Waals surface area (Å²) in [6.45, 7) is 4.95. The highest BCUT2D eigenvalue weighted by Gasteiger charge is 2.22. The van der Waals surface area contributed by atoms with Crippen LogP contribution >= 0.6 is 11.8 Å². The van der Waals surface area contributed by atoms with Crippen molar-refractivity contribution >= 4 is 17.0 Å². The molecule has 1 N–H and O–H groups in total. The highest BCUT2D eigenvalue weighted by Crippen LogP contribution is 2.13. The lowest BCUT2D eigenvalue weighted by atomic mass is 10.4. The summed E-state index contributed by atoms with van der Waals surface area (Å²) < 4.78 is 10.6. The molecule has 2 atom stereocenters. The number of carbonyl (C=O) groups is 1. The standard InChI is InChI=1S/C8H15NO3S/c1-3-11-6(2)12-4-7-5-13-8(10)9-7/h6-7H,3-5H2,1-2H3,(H,9,10)/t6?,7-/m0/s1. The largest absolute Gasteiger partial charge is 0.353 e. The minimum absolute atomic E-state index is 0.0395. The number of rotatable bonds is 5. The van der Waals surface area contributed by atoms with Gasteiger partial charge in [0.2, 0.25) is 0 Å². The fraction of sp³-hybridized carbons (Fsp3) is 0.875. The zero-order valence-electron chi connectivity index (χ0n) is 7.91. The number of hydrogen-bond donors (Lipinski definition) is 1. The van der Waals surface area contributed by atoms with E-state index < -0.39 is 0 Å². The number of carbonyl (C=O) groups excluding carboxylic acids is 1. The Hall–Kier alpha value is -0.260. The van der Waals surface area contributed by atoms with Crippen molar-refractivity contribution in [1.82, 2.24) is 5.32 Å². The normalized spacial score (nSPS) is 24.5. The summed E-state index contributed by atoms with van der Waals surface area (Å²) in [5.74, 6) is 0.789. The number of thioether (sulfide) groups is 1. The third-order valence-corrected chi connectivity index (χ3v) is 2.62. The highest BCUT2D eigenvalue weighted by molar-refractivity contribution is 8.13. The molecule has 1 unspecified atom stereocenters. The molecule has 1 rings (SSSR count). The first kappa shape index (κ1) is 10.8. The molecule has 0 aromatic carbocycles. The maximum absolute atomic E-state index is 10.8. The second-order valence-electron chi connectivity index (χ2n) is 2.80. The fourth-order valence-electron chi connectivity index (χ4n) is 1.05. The number of nitrogens with one attached hydrogen (secondary N) is 1. The minimum Gasteiger partial charge on any atom is -0.353 e. The molecule has 0 bridgehead atoms. The second kappa shape index (κ2) is 5.47. The van der Waals surface area contributed by atoms with Crippen LogP contribution in [0.5, 0.6) is 0 Å². The summed E-state index contributed by atoms with van der Waals surface area (Å²) in [5, 5.41) is 2.83. The summed E-state index contributed by atoms with van der Waals surface area (Å²) in [4.78, 5) is 10.8. The third-order valence-electron chi connectivity index (χ3n) is 1.67. The van der Waals surface area contributed by atoms with Crippen molar-refractivity contribution < 1.29 is 14.3 Å². The Morgan fingerprint density at radius 3 is 3.00 bits per heavy atom. The van der Waals surface area contributed by atoms with Gasteiger partial charge in [0.15, 0.2) is 6.29 Å². The molecule has 1 aliphatic rings. The molecule has 0 aromatic heterocycles. The van der Waals surface area contributed by atoms with Crippen molar-refractivity contribution in [1.29, 1.82) is 0 Å². The van der Waals surface area contributed by atoms with Crippen LogP contribution in [0.2, 0.25) is 0 Å². The topological polar surface area (TPSA) is 47.6 Å². The predicted octanol–water partition coefficient (Wildman–Crippen LogP) is 1.21. The van der Waals surface area contributed by atoms with Gasteiger partial charge in [-0.2, -0.15) is 0 Å². The van der Waals surface area contributed by atoms with E-state index in [1.54, 1.807) is 0 Å². The lowest BCUT2D eigenvalue weighted by molar-refractivity contribution is -0.129. The smallest absolute Gasteiger partial charge is 0.279 e. The van der Waals surface area contributed by atoms with Gasteiger partial charge in [-0.05, 0) is 13.8 Å². The number of amides is 1. The first-order chi connectivity index (χ1) is 6.22. The predicted molar refractivity (Wildman–Crippen MR) is 51.8 cm³/mol. The van der Waals surface area contributed by atoms with E-state index in [1.807, 2.05) is 13.8 Å². The van der Waals surface area contributed by atoms with Crippen LogP contribution in [-0.4, -0.2) is 36.5 Å². The minimum atomic E-state index is -0.187. The molecule has 1 heterocycles. The van der Waals surface area contributed by atoms with Crippen LogP contribution in [-0.2, 0) is 9.47 Å². The molecular formula is C8H15NO3S. The van der Waals surface area contributed by atoms with Crippen LogP contribution in [0.3, 0.4) is 0 Å². The lowest BCUT2D eigenvalue weighted by Crippen LogP contribution is -2.32. The molecule has 1 saturated heterocycles. The van der Waals surface area contributed by atoms with Gasteiger partial charge in [0.25, 0.3) is 5.24 Å². The van der Waals surface area contributed by atoms with E-state index >= 15 is 0 Å². The molecule has 1 aliphatic heterocycles. The van der Waals surface area contributed by atoms with Gasteiger partial charge in [-0.3, -0.25) is 4.79 Å². The van der Waals surface area contributed by atoms with E-state index in [-0.39, 0.29) is 17.6 Å². The zero-order valence-corrected chi connectivity index (χ0v) is 8.73. The van der Waals surface area contributed by atoms with Gasteiger partial charge in [-0.25, -0.2) is 0 Å². The molecule has 0 radical (unpaired) electrons. The summed E-state index contributed by atoms with van der Waals surface area (Å²) in [7, 11) is 0. The van der Waals surface area contributed by atoms with Crippen molar-refractivity contribution in [3.05, 3.63) is 0 Å². The van der Waals surface area contributed by atoms with Gasteiger partial charge < -0.3 is 14.8 Å². The molecule has 0 saturated carbocycles. The first-order valence-corrected chi connectivity index (χ1v) is 5.37. The van der Waals surface area contributed by atoms with E-state index in [1.165, 1.54) is 11.8 Å².